The molecule has 2 unspecified atom stereocenters. The van der Waals surface area contributed by atoms with Crippen LogP contribution in [0.4, 0.5) is 0 Å². The standard InChI is InChI=1S/C16H22N2O3/c1-20-14-7-11(8-15(9-14)21-2)16(19)18-12-3-4-13(18)10-17-6-5-12/h7-9,12-13,17H,3-6,10H2,1-2H3. The van der Waals surface area contributed by atoms with Crippen LogP contribution in [0.15, 0.2) is 18.2 Å². The Labute approximate surface area is 125 Å². The minimum absolute atomic E-state index is 0.0865. The van der Waals surface area contributed by atoms with E-state index in [2.05, 4.69) is 10.2 Å². The van der Waals surface area contributed by atoms with Crippen LogP contribution in [-0.4, -0.2) is 50.2 Å². The third kappa shape index (κ3) is 2.70. The molecule has 1 N–H and O–H groups in total. The predicted octanol–water partition coefficient (Wildman–Crippen LogP) is 1.67. The Kier molecular flexibility index (Phi) is 4.01. The average molecular weight is 290 g/mol. The first-order valence-corrected chi connectivity index (χ1v) is 7.49. The van der Waals surface area contributed by atoms with Crippen molar-refractivity contribution in [3.05, 3.63) is 23.8 Å². The van der Waals surface area contributed by atoms with E-state index in [1.165, 1.54) is 0 Å². The number of carbonyl (C=O) groups is 1. The zero-order chi connectivity index (χ0) is 14.8. The van der Waals surface area contributed by atoms with E-state index in [1.54, 1.807) is 32.4 Å². The number of ether oxygens (including phenoxy) is 2. The van der Waals surface area contributed by atoms with Gasteiger partial charge in [0.25, 0.3) is 5.91 Å². The Morgan fingerprint density at radius 1 is 1.10 bits per heavy atom. The van der Waals surface area contributed by atoms with Crippen LogP contribution >= 0.6 is 0 Å². The van der Waals surface area contributed by atoms with Crippen LogP contribution in [0.25, 0.3) is 0 Å². The van der Waals surface area contributed by atoms with E-state index in [9.17, 15) is 4.79 Å². The van der Waals surface area contributed by atoms with Crippen LogP contribution in [0.3, 0.4) is 0 Å². The maximum atomic E-state index is 12.9. The van der Waals surface area contributed by atoms with E-state index in [0.29, 0.717) is 29.1 Å². The highest BCUT2D eigenvalue weighted by molar-refractivity contribution is 5.95. The number of hydrogen-bond donors (Lipinski definition) is 1. The summed E-state index contributed by atoms with van der Waals surface area (Å²) in [5, 5.41) is 3.42. The maximum absolute atomic E-state index is 12.9. The summed E-state index contributed by atoms with van der Waals surface area (Å²) in [4.78, 5) is 15.0. The number of nitrogens with one attached hydrogen (secondary N) is 1. The monoisotopic (exact) mass is 290 g/mol. The van der Waals surface area contributed by atoms with E-state index >= 15 is 0 Å². The topological polar surface area (TPSA) is 50.8 Å². The van der Waals surface area contributed by atoms with Gasteiger partial charge in [-0.2, -0.15) is 0 Å². The zero-order valence-electron chi connectivity index (χ0n) is 12.6. The second kappa shape index (κ2) is 5.93. The van der Waals surface area contributed by atoms with Gasteiger partial charge in [-0.15, -0.1) is 0 Å². The van der Waals surface area contributed by atoms with Gasteiger partial charge >= 0.3 is 0 Å². The second-order valence-corrected chi connectivity index (χ2v) is 5.69. The lowest BCUT2D eigenvalue weighted by atomic mass is 10.1. The molecule has 2 aliphatic heterocycles. The molecule has 5 nitrogen and oxygen atoms in total. The van der Waals surface area contributed by atoms with Gasteiger partial charge < -0.3 is 19.7 Å². The van der Waals surface area contributed by atoms with E-state index in [0.717, 1.165) is 32.4 Å². The summed E-state index contributed by atoms with van der Waals surface area (Å²) in [6.45, 7) is 1.88. The van der Waals surface area contributed by atoms with E-state index < -0.39 is 0 Å². The summed E-state index contributed by atoms with van der Waals surface area (Å²) in [7, 11) is 3.20. The third-order valence-corrected chi connectivity index (χ3v) is 4.49. The Morgan fingerprint density at radius 3 is 2.43 bits per heavy atom. The zero-order valence-corrected chi connectivity index (χ0v) is 12.6. The Morgan fingerprint density at radius 2 is 1.76 bits per heavy atom. The predicted molar refractivity (Wildman–Crippen MR) is 80.0 cm³/mol. The lowest BCUT2D eigenvalue weighted by molar-refractivity contribution is 0.0679. The van der Waals surface area contributed by atoms with Gasteiger partial charge in [-0.25, -0.2) is 0 Å². The van der Waals surface area contributed by atoms with Crippen LogP contribution < -0.4 is 14.8 Å². The third-order valence-electron chi connectivity index (χ3n) is 4.49. The van der Waals surface area contributed by atoms with E-state index in [-0.39, 0.29) is 5.91 Å². The van der Waals surface area contributed by atoms with Gasteiger partial charge in [-0.3, -0.25) is 4.79 Å². The molecular weight excluding hydrogens is 268 g/mol. The fourth-order valence-corrected chi connectivity index (χ4v) is 3.39. The molecule has 1 aromatic carbocycles. The highest BCUT2D eigenvalue weighted by Gasteiger charge is 2.38. The van der Waals surface area contributed by atoms with Gasteiger partial charge in [0, 0.05) is 30.3 Å². The number of benzene rings is 1. The Hall–Kier alpha value is -1.75. The van der Waals surface area contributed by atoms with Crippen LogP contribution in [0, 0.1) is 0 Å². The molecule has 2 heterocycles. The fourth-order valence-electron chi connectivity index (χ4n) is 3.39. The van der Waals surface area contributed by atoms with Crippen molar-refractivity contribution in [1.29, 1.82) is 0 Å². The molecule has 1 aromatic rings. The van der Waals surface area contributed by atoms with Gasteiger partial charge in [-0.05, 0) is 37.9 Å². The molecule has 2 atom stereocenters. The minimum Gasteiger partial charge on any atom is -0.497 e. The number of nitrogens with zero attached hydrogens (tertiary/aromatic N) is 1. The number of fused-ring (bicyclic) bond motifs is 2. The van der Waals surface area contributed by atoms with Crippen molar-refractivity contribution in [1.82, 2.24) is 10.2 Å². The van der Waals surface area contributed by atoms with Crippen LogP contribution in [-0.2, 0) is 0 Å². The average Bonchev–Trinajstić information content (AvgIpc) is 2.78. The molecule has 0 aliphatic carbocycles. The normalized spacial score (nSPS) is 24.6. The van der Waals surface area contributed by atoms with Crippen molar-refractivity contribution in [3.63, 3.8) is 0 Å². The molecule has 3 rings (SSSR count). The Bertz CT molecular complexity index is 496. The molecule has 5 heteroatoms. The van der Waals surface area contributed by atoms with Crippen molar-refractivity contribution >= 4 is 5.91 Å². The van der Waals surface area contributed by atoms with Gasteiger partial charge in [0.15, 0.2) is 0 Å². The number of carbonyl (C=O) groups excluding carboxylic acids is 1. The highest BCUT2D eigenvalue weighted by Crippen LogP contribution is 2.31. The number of hydrogen-bond acceptors (Lipinski definition) is 4. The van der Waals surface area contributed by atoms with Gasteiger partial charge in [0.2, 0.25) is 0 Å². The molecule has 2 fully saturated rings. The first kappa shape index (κ1) is 14.2. The van der Waals surface area contributed by atoms with Crippen LogP contribution in [0.1, 0.15) is 29.6 Å². The molecule has 0 saturated carbocycles. The maximum Gasteiger partial charge on any atom is 0.254 e. The second-order valence-electron chi connectivity index (χ2n) is 5.69. The van der Waals surface area contributed by atoms with Crippen LogP contribution in [0.2, 0.25) is 0 Å². The number of rotatable bonds is 3. The molecule has 21 heavy (non-hydrogen) atoms. The first-order chi connectivity index (χ1) is 10.2. The lowest BCUT2D eigenvalue weighted by Gasteiger charge is -2.28. The number of amides is 1. The van der Waals surface area contributed by atoms with Crippen molar-refractivity contribution in [3.8, 4) is 11.5 Å². The Balaban J connectivity index is 1.90. The quantitative estimate of drug-likeness (QED) is 0.920. The van der Waals surface area contributed by atoms with Gasteiger partial charge in [0.05, 0.1) is 14.2 Å². The summed E-state index contributed by atoms with van der Waals surface area (Å²) < 4.78 is 10.5. The highest BCUT2D eigenvalue weighted by atomic mass is 16.5. The van der Waals surface area contributed by atoms with Crippen molar-refractivity contribution in [2.75, 3.05) is 27.3 Å². The molecule has 1 amide bonds. The van der Waals surface area contributed by atoms with E-state index in [4.69, 9.17) is 9.47 Å². The van der Waals surface area contributed by atoms with Crippen molar-refractivity contribution in [2.45, 2.75) is 31.3 Å². The molecule has 114 valence electrons. The largest absolute Gasteiger partial charge is 0.497 e. The molecule has 2 aliphatic rings. The molecule has 0 aromatic heterocycles. The van der Waals surface area contributed by atoms with Crippen LogP contribution in [0.5, 0.6) is 11.5 Å². The van der Waals surface area contributed by atoms with E-state index in [1.807, 2.05) is 0 Å². The molecule has 2 saturated heterocycles. The molecule has 0 spiro atoms. The number of methoxy groups -OCH3 is 2. The lowest BCUT2D eigenvalue weighted by Crippen LogP contribution is -2.42. The molecule has 2 bridgehead atoms. The summed E-state index contributed by atoms with van der Waals surface area (Å²) >= 11 is 0. The molecular formula is C16H22N2O3. The first-order valence-electron chi connectivity index (χ1n) is 7.49. The summed E-state index contributed by atoms with van der Waals surface area (Å²) in [6, 6.07) is 6.04. The SMILES string of the molecule is COc1cc(OC)cc(C(=O)N2C3CCNCC2CC3)c1. The smallest absolute Gasteiger partial charge is 0.254 e. The molecule has 0 radical (unpaired) electrons. The van der Waals surface area contributed by atoms with Crippen molar-refractivity contribution in [2.24, 2.45) is 0 Å². The van der Waals surface area contributed by atoms with Gasteiger partial charge in [-0.1, -0.05) is 0 Å². The van der Waals surface area contributed by atoms with Gasteiger partial charge in [0.1, 0.15) is 11.5 Å². The summed E-state index contributed by atoms with van der Waals surface area (Å²) in [6.07, 6.45) is 3.23. The minimum atomic E-state index is 0.0865. The fraction of sp³-hybridized carbons (Fsp3) is 0.562. The summed E-state index contributed by atoms with van der Waals surface area (Å²) in [5.74, 6) is 1.39. The summed E-state index contributed by atoms with van der Waals surface area (Å²) in [5.41, 5.74) is 0.644. The van der Waals surface area contributed by atoms with Crippen molar-refractivity contribution < 1.29 is 14.3 Å².